The highest BCUT2D eigenvalue weighted by molar-refractivity contribution is 7.90. The second-order valence-electron chi connectivity index (χ2n) is 14.5. The normalized spacial score (nSPS) is 18.6. The lowest BCUT2D eigenvalue weighted by Gasteiger charge is -2.45. The number of fused-ring (bicyclic) bond motifs is 2. The van der Waals surface area contributed by atoms with E-state index in [-0.39, 0.29) is 28.7 Å². The van der Waals surface area contributed by atoms with Crippen molar-refractivity contribution in [2.24, 2.45) is 5.92 Å². The van der Waals surface area contributed by atoms with Crippen molar-refractivity contribution in [3.63, 3.8) is 0 Å². The van der Waals surface area contributed by atoms with E-state index >= 15 is 0 Å². The van der Waals surface area contributed by atoms with Crippen LogP contribution in [0, 0.1) is 23.0 Å². The van der Waals surface area contributed by atoms with E-state index in [0.29, 0.717) is 34.3 Å². The van der Waals surface area contributed by atoms with Gasteiger partial charge in [0.25, 0.3) is 25.7 Å². The minimum absolute atomic E-state index is 0.0645. The lowest BCUT2D eigenvalue weighted by atomic mass is 9.81. The number of benzene rings is 3. The number of para-hydroxylation sites is 1. The molecule has 0 saturated carbocycles. The van der Waals surface area contributed by atoms with Crippen molar-refractivity contribution in [3.8, 4) is 0 Å². The summed E-state index contributed by atoms with van der Waals surface area (Å²) < 4.78 is 66.9. The number of hydrogen-bond acceptors (Lipinski definition) is 7. The first-order chi connectivity index (χ1) is 23.5. The molecule has 0 spiro atoms. The standard InChI is InChI=1S/C37H45N3O7S2Si/c1-24(2)50(25(3)4,26(5)6)47-23-28-19-32-31-11-10-13-34-37(31)29(22-39(34)48(43,44)30-17-15-27(7)16-18-30)20-35(32)38(21-28)49(45,46)36-14-9-8-12-33(36)40(41)42/h8-19,22,24-26,28,35H,20-21,23H2,1-7H3/t28?,35-/m1/s1. The van der Waals surface area contributed by atoms with Gasteiger partial charge < -0.3 is 4.43 Å². The van der Waals surface area contributed by atoms with E-state index in [1.165, 1.54) is 32.5 Å². The van der Waals surface area contributed by atoms with Gasteiger partial charge in [0.2, 0.25) is 0 Å². The predicted octanol–water partition coefficient (Wildman–Crippen LogP) is 7.92. The van der Waals surface area contributed by atoms with Gasteiger partial charge in [-0.3, -0.25) is 10.1 Å². The molecule has 1 aliphatic heterocycles. The van der Waals surface area contributed by atoms with Crippen LogP contribution in [0.2, 0.25) is 16.6 Å². The fourth-order valence-electron chi connectivity index (χ4n) is 8.45. The molecule has 0 amide bonds. The van der Waals surface area contributed by atoms with Gasteiger partial charge in [0, 0.05) is 36.7 Å². The molecule has 1 aliphatic carbocycles. The second-order valence-corrected chi connectivity index (χ2v) is 23.6. The molecule has 0 fully saturated rings. The van der Waals surface area contributed by atoms with Crippen molar-refractivity contribution in [1.29, 1.82) is 0 Å². The van der Waals surface area contributed by atoms with Crippen LogP contribution in [-0.2, 0) is 30.9 Å². The number of nitro benzene ring substituents is 1. The average Bonchev–Trinajstić information content (AvgIpc) is 3.45. The van der Waals surface area contributed by atoms with E-state index in [1.54, 1.807) is 42.6 Å². The molecule has 0 radical (unpaired) electrons. The summed E-state index contributed by atoms with van der Waals surface area (Å²) in [4.78, 5) is 11.2. The van der Waals surface area contributed by atoms with E-state index in [1.807, 2.05) is 13.0 Å². The smallest absolute Gasteiger partial charge is 0.289 e. The van der Waals surface area contributed by atoms with Gasteiger partial charge in [0.15, 0.2) is 13.2 Å². The number of sulfonamides is 1. The van der Waals surface area contributed by atoms with Gasteiger partial charge in [0.1, 0.15) is 0 Å². The summed E-state index contributed by atoms with van der Waals surface area (Å²) in [7, 11) is -10.7. The van der Waals surface area contributed by atoms with Gasteiger partial charge >= 0.3 is 0 Å². The number of hydrogen-bond donors (Lipinski definition) is 0. The van der Waals surface area contributed by atoms with E-state index in [2.05, 4.69) is 47.6 Å². The number of aromatic nitrogens is 1. The molecule has 13 heteroatoms. The molecule has 0 saturated heterocycles. The van der Waals surface area contributed by atoms with Crippen LogP contribution in [0.1, 0.15) is 58.2 Å². The van der Waals surface area contributed by atoms with E-state index < -0.39 is 45.0 Å². The van der Waals surface area contributed by atoms with Gasteiger partial charge in [0.05, 0.1) is 21.4 Å². The van der Waals surface area contributed by atoms with Gasteiger partial charge in [-0.15, -0.1) is 0 Å². The zero-order chi connectivity index (χ0) is 36.3. The van der Waals surface area contributed by atoms with Gasteiger partial charge in [-0.25, -0.2) is 20.8 Å². The molecule has 4 aromatic rings. The summed E-state index contributed by atoms with van der Waals surface area (Å²) in [6.07, 6.45) is 3.89. The molecule has 0 N–H and O–H groups in total. The van der Waals surface area contributed by atoms with Crippen molar-refractivity contribution in [1.82, 2.24) is 8.28 Å². The fourth-order valence-corrected chi connectivity index (χ4v) is 17.2. The molecular weight excluding hydrogens is 691 g/mol. The molecule has 2 heterocycles. The summed E-state index contributed by atoms with van der Waals surface area (Å²) in [5, 5.41) is 12.8. The molecule has 1 unspecified atom stereocenters. The highest BCUT2D eigenvalue weighted by Gasteiger charge is 2.48. The van der Waals surface area contributed by atoms with Crippen molar-refractivity contribution >= 4 is 50.5 Å². The summed E-state index contributed by atoms with van der Waals surface area (Å²) in [5.41, 5.74) is 4.11. The van der Waals surface area contributed by atoms with Crippen LogP contribution in [0.3, 0.4) is 0 Å². The van der Waals surface area contributed by atoms with Crippen molar-refractivity contribution < 1.29 is 26.2 Å². The Hall–Kier alpha value is -3.62. The lowest BCUT2D eigenvalue weighted by molar-refractivity contribution is -0.387. The first-order valence-electron chi connectivity index (χ1n) is 17.1. The van der Waals surface area contributed by atoms with Crippen LogP contribution in [0.15, 0.2) is 88.8 Å². The van der Waals surface area contributed by atoms with Crippen LogP contribution in [0.5, 0.6) is 0 Å². The molecular formula is C37H45N3O7S2Si. The number of rotatable bonds is 11. The molecule has 0 bridgehead atoms. The van der Waals surface area contributed by atoms with Crippen molar-refractivity contribution in [2.75, 3.05) is 13.2 Å². The largest absolute Gasteiger partial charge is 0.415 e. The maximum Gasteiger partial charge on any atom is 0.289 e. The zero-order valence-electron chi connectivity index (χ0n) is 29.5. The van der Waals surface area contributed by atoms with Gasteiger partial charge in [-0.2, -0.15) is 4.31 Å². The van der Waals surface area contributed by atoms with Crippen LogP contribution < -0.4 is 0 Å². The van der Waals surface area contributed by atoms with E-state index in [9.17, 15) is 26.9 Å². The predicted molar refractivity (Wildman–Crippen MR) is 199 cm³/mol. The first-order valence-corrected chi connectivity index (χ1v) is 22.1. The molecule has 2 atom stereocenters. The molecule has 3 aromatic carbocycles. The summed E-state index contributed by atoms with van der Waals surface area (Å²) in [5.74, 6) is -0.350. The van der Waals surface area contributed by atoms with Crippen molar-refractivity contribution in [3.05, 3.63) is 106 Å². The molecule has 50 heavy (non-hydrogen) atoms. The average molecular weight is 736 g/mol. The van der Waals surface area contributed by atoms with Crippen LogP contribution in [0.4, 0.5) is 5.69 Å². The van der Waals surface area contributed by atoms with Crippen molar-refractivity contribution in [2.45, 2.75) is 87.3 Å². The number of nitrogens with zero attached hydrogens (tertiary/aromatic N) is 3. The third kappa shape index (κ3) is 5.86. The molecule has 266 valence electrons. The summed E-state index contributed by atoms with van der Waals surface area (Å²) >= 11 is 0. The Morgan fingerprint density at radius 2 is 1.52 bits per heavy atom. The van der Waals surface area contributed by atoms with E-state index in [0.717, 1.165) is 22.1 Å². The number of aryl methyl sites for hydroxylation is 1. The van der Waals surface area contributed by atoms with E-state index in [4.69, 9.17) is 4.43 Å². The zero-order valence-corrected chi connectivity index (χ0v) is 32.2. The quantitative estimate of drug-likeness (QED) is 0.0870. The minimum Gasteiger partial charge on any atom is -0.415 e. The summed E-state index contributed by atoms with van der Waals surface area (Å²) in [6.45, 7) is 15.5. The topological polar surface area (TPSA) is 129 Å². The summed E-state index contributed by atoms with van der Waals surface area (Å²) in [6, 6.07) is 16.9. The highest BCUT2D eigenvalue weighted by Crippen LogP contribution is 2.47. The maximum absolute atomic E-state index is 14.6. The molecule has 10 nitrogen and oxygen atoms in total. The monoisotopic (exact) mass is 735 g/mol. The SMILES string of the molecule is Cc1ccc(S(=O)(=O)n2cc3c4c(cccc42)C2=CC(CO[Si](C(C)C)(C(C)C)C(C)C)CN(S(=O)(=O)c4ccccc4[N+](=O)[O-])[C@@H]2C3)cc1. The molecule has 2 aliphatic rings. The minimum atomic E-state index is -4.40. The molecule has 1 aromatic heterocycles. The Labute approximate surface area is 296 Å². The van der Waals surface area contributed by atoms with Gasteiger partial charge in [-0.05, 0) is 70.9 Å². The second kappa shape index (κ2) is 13.2. The fraction of sp³-hybridized carbons (Fsp3) is 0.405. The Bertz CT molecular complexity index is 2190. The first kappa shape index (κ1) is 36.2. The lowest BCUT2D eigenvalue weighted by Crippen LogP contribution is -2.52. The maximum atomic E-state index is 14.6. The third-order valence-corrected chi connectivity index (χ3v) is 20.3. The van der Waals surface area contributed by atoms with Crippen LogP contribution >= 0.6 is 0 Å². The Morgan fingerprint density at radius 3 is 2.14 bits per heavy atom. The Kier molecular flexibility index (Phi) is 9.53. The van der Waals surface area contributed by atoms with Crippen LogP contribution in [0.25, 0.3) is 16.5 Å². The number of nitro groups is 1. The molecule has 6 rings (SSSR count). The van der Waals surface area contributed by atoms with Crippen LogP contribution in [-0.4, -0.2) is 57.5 Å². The highest BCUT2D eigenvalue weighted by atomic mass is 32.2. The Morgan fingerprint density at radius 1 is 0.880 bits per heavy atom. The third-order valence-electron chi connectivity index (χ3n) is 10.6. The van der Waals surface area contributed by atoms with Gasteiger partial charge in [-0.1, -0.05) is 89.6 Å². The Balaban J connectivity index is 1.52.